The average molecular weight is 290 g/mol. The lowest BCUT2D eigenvalue weighted by Crippen LogP contribution is -2.04. The van der Waals surface area contributed by atoms with Gasteiger partial charge in [-0.3, -0.25) is 0 Å². The molecule has 0 aliphatic heterocycles. The second-order valence-electron chi connectivity index (χ2n) is 4.99. The lowest BCUT2D eigenvalue weighted by atomic mass is 10.1. The molecule has 0 heterocycles. The van der Waals surface area contributed by atoms with Crippen molar-refractivity contribution in [2.45, 2.75) is 45.4 Å². The van der Waals surface area contributed by atoms with Crippen molar-refractivity contribution in [1.29, 1.82) is 0 Å². The minimum atomic E-state index is -0.981. The number of esters is 1. The number of carbonyl (C=O) groups excluding carboxylic acids is 1. The summed E-state index contributed by atoms with van der Waals surface area (Å²) in [6, 6.07) is 0. The van der Waals surface area contributed by atoms with Crippen molar-refractivity contribution >= 4 is 11.9 Å². The van der Waals surface area contributed by atoms with E-state index in [-0.39, 0.29) is 5.97 Å². The third-order valence-electron chi connectivity index (χ3n) is 3.20. The van der Waals surface area contributed by atoms with Gasteiger partial charge in [-0.2, -0.15) is 0 Å². The third-order valence-corrected chi connectivity index (χ3v) is 3.20. The summed E-state index contributed by atoms with van der Waals surface area (Å²) in [7, 11) is 0. The number of allylic oxidation sites excluding steroid dienone is 5. The maximum atomic E-state index is 11.7. The quantitative estimate of drug-likeness (QED) is 0.629. The van der Waals surface area contributed by atoms with Crippen molar-refractivity contribution in [1.82, 2.24) is 0 Å². The Kier molecular flexibility index (Phi) is 7.23. The second-order valence-corrected chi connectivity index (χ2v) is 4.99. The first-order valence-electron chi connectivity index (χ1n) is 7.17. The minimum absolute atomic E-state index is 0.194. The van der Waals surface area contributed by atoms with Gasteiger partial charge in [-0.25, -0.2) is 9.59 Å². The SMILES string of the molecule is C=CC(=O)O.CC(=CC1=CCCC1)C(=O)OC1=CCCC1. The molecular formula is C17H22O4. The van der Waals surface area contributed by atoms with Crippen LogP contribution in [0.2, 0.25) is 0 Å². The van der Waals surface area contributed by atoms with Crippen molar-refractivity contribution in [3.05, 3.63) is 47.8 Å². The molecule has 0 saturated carbocycles. The normalized spacial score (nSPS) is 17.3. The number of hydrogen-bond donors (Lipinski definition) is 1. The number of carboxylic acids is 1. The van der Waals surface area contributed by atoms with Crippen molar-refractivity contribution < 1.29 is 19.4 Å². The first-order valence-corrected chi connectivity index (χ1v) is 7.17. The van der Waals surface area contributed by atoms with Gasteiger partial charge in [0.05, 0.1) is 0 Å². The van der Waals surface area contributed by atoms with E-state index in [0.717, 1.165) is 43.9 Å². The van der Waals surface area contributed by atoms with Gasteiger partial charge in [0.1, 0.15) is 5.76 Å². The van der Waals surface area contributed by atoms with E-state index >= 15 is 0 Å². The molecule has 0 amide bonds. The molecule has 0 fully saturated rings. The summed E-state index contributed by atoms with van der Waals surface area (Å²) in [5, 5.41) is 7.60. The van der Waals surface area contributed by atoms with Crippen LogP contribution in [0, 0.1) is 0 Å². The van der Waals surface area contributed by atoms with E-state index in [1.807, 2.05) is 19.1 Å². The first kappa shape index (κ1) is 17.0. The largest absolute Gasteiger partial charge is 0.478 e. The molecule has 0 saturated heterocycles. The molecule has 21 heavy (non-hydrogen) atoms. The maximum Gasteiger partial charge on any atom is 0.338 e. The summed E-state index contributed by atoms with van der Waals surface area (Å²) in [6.45, 7) is 4.79. The summed E-state index contributed by atoms with van der Waals surface area (Å²) >= 11 is 0. The van der Waals surface area contributed by atoms with Crippen molar-refractivity contribution in [2.75, 3.05) is 0 Å². The molecule has 0 atom stereocenters. The molecule has 0 radical (unpaired) electrons. The monoisotopic (exact) mass is 290 g/mol. The van der Waals surface area contributed by atoms with Crippen molar-refractivity contribution in [2.24, 2.45) is 0 Å². The van der Waals surface area contributed by atoms with Gasteiger partial charge in [-0.05, 0) is 51.2 Å². The Bertz CT molecular complexity index is 495. The van der Waals surface area contributed by atoms with Gasteiger partial charge in [-0.1, -0.05) is 18.2 Å². The van der Waals surface area contributed by atoms with Crippen LogP contribution in [-0.4, -0.2) is 17.0 Å². The molecule has 2 aliphatic rings. The Balaban J connectivity index is 0.000000383. The minimum Gasteiger partial charge on any atom is -0.478 e. The van der Waals surface area contributed by atoms with Crippen LogP contribution in [0.1, 0.15) is 45.4 Å². The van der Waals surface area contributed by atoms with Gasteiger partial charge >= 0.3 is 11.9 Å². The smallest absolute Gasteiger partial charge is 0.338 e. The molecule has 2 aliphatic carbocycles. The fourth-order valence-corrected chi connectivity index (χ4v) is 2.10. The first-order chi connectivity index (χ1) is 10.0. The predicted molar refractivity (Wildman–Crippen MR) is 81.5 cm³/mol. The van der Waals surface area contributed by atoms with E-state index in [9.17, 15) is 9.59 Å². The molecule has 0 bridgehead atoms. The number of rotatable bonds is 4. The van der Waals surface area contributed by atoms with Crippen LogP contribution in [0.25, 0.3) is 0 Å². The van der Waals surface area contributed by atoms with E-state index in [1.54, 1.807) is 0 Å². The number of hydrogen-bond acceptors (Lipinski definition) is 3. The highest BCUT2D eigenvalue weighted by Crippen LogP contribution is 2.22. The highest BCUT2D eigenvalue weighted by molar-refractivity contribution is 5.89. The Hall–Kier alpha value is -2.10. The van der Waals surface area contributed by atoms with Crippen LogP contribution in [0.4, 0.5) is 0 Å². The summed E-state index contributed by atoms with van der Waals surface area (Å²) in [5.74, 6) is -0.330. The van der Waals surface area contributed by atoms with Crippen LogP contribution in [-0.2, 0) is 14.3 Å². The standard InChI is InChI=1S/C14H18O2.C3H4O2/c1-11(10-12-6-2-3-7-12)14(15)16-13-8-4-5-9-13;1-2-3(4)5/h6,8,10H,2-5,7,9H2,1H3;2H,1H2,(H,4,5). The average Bonchev–Trinajstić information content (AvgIpc) is 3.12. The van der Waals surface area contributed by atoms with Gasteiger partial charge in [0.25, 0.3) is 0 Å². The van der Waals surface area contributed by atoms with Gasteiger partial charge in [0, 0.05) is 18.1 Å². The Morgan fingerprint density at radius 3 is 2.33 bits per heavy atom. The van der Waals surface area contributed by atoms with E-state index in [1.165, 1.54) is 12.0 Å². The highest BCUT2D eigenvalue weighted by Gasteiger charge is 2.13. The summed E-state index contributed by atoms with van der Waals surface area (Å²) in [4.78, 5) is 21.0. The van der Waals surface area contributed by atoms with Crippen LogP contribution < -0.4 is 0 Å². The maximum absolute atomic E-state index is 11.7. The summed E-state index contributed by atoms with van der Waals surface area (Å²) < 4.78 is 5.31. The topological polar surface area (TPSA) is 63.6 Å². The molecule has 0 aromatic rings. The van der Waals surface area contributed by atoms with E-state index in [4.69, 9.17) is 9.84 Å². The molecule has 0 spiro atoms. The van der Waals surface area contributed by atoms with E-state index < -0.39 is 5.97 Å². The summed E-state index contributed by atoms with van der Waals surface area (Å²) in [6.07, 6.45) is 13.5. The van der Waals surface area contributed by atoms with Gasteiger partial charge in [0.15, 0.2) is 0 Å². The lowest BCUT2D eigenvalue weighted by molar-refractivity contribution is -0.135. The zero-order valence-corrected chi connectivity index (χ0v) is 12.4. The van der Waals surface area contributed by atoms with Gasteiger partial charge in [0.2, 0.25) is 0 Å². The molecule has 0 aromatic heterocycles. The van der Waals surface area contributed by atoms with Crippen LogP contribution in [0.5, 0.6) is 0 Å². The number of carbonyl (C=O) groups is 2. The molecule has 2 rings (SSSR count). The third kappa shape index (κ3) is 6.75. The predicted octanol–water partition coefficient (Wildman–Crippen LogP) is 3.91. The van der Waals surface area contributed by atoms with Crippen LogP contribution >= 0.6 is 0 Å². The number of ether oxygens (including phenoxy) is 1. The zero-order chi connectivity index (χ0) is 15.7. The Labute approximate surface area is 125 Å². The fourth-order valence-electron chi connectivity index (χ4n) is 2.10. The van der Waals surface area contributed by atoms with Crippen LogP contribution in [0.15, 0.2) is 47.8 Å². The molecule has 0 aromatic carbocycles. The molecule has 4 heteroatoms. The molecule has 114 valence electrons. The van der Waals surface area contributed by atoms with Crippen LogP contribution in [0.3, 0.4) is 0 Å². The zero-order valence-electron chi connectivity index (χ0n) is 12.4. The van der Waals surface area contributed by atoms with E-state index in [0.29, 0.717) is 5.57 Å². The van der Waals surface area contributed by atoms with Crippen molar-refractivity contribution in [3.63, 3.8) is 0 Å². The summed E-state index contributed by atoms with van der Waals surface area (Å²) in [5.41, 5.74) is 1.98. The molecular weight excluding hydrogens is 268 g/mol. The Morgan fingerprint density at radius 2 is 1.86 bits per heavy atom. The van der Waals surface area contributed by atoms with E-state index in [2.05, 4.69) is 12.7 Å². The second kappa shape index (κ2) is 8.95. The van der Waals surface area contributed by atoms with Gasteiger partial charge < -0.3 is 9.84 Å². The highest BCUT2D eigenvalue weighted by atomic mass is 16.5. The fraction of sp³-hybridized carbons (Fsp3) is 0.412. The molecule has 0 unspecified atom stereocenters. The Morgan fingerprint density at radius 1 is 1.24 bits per heavy atom. The van der Waals surface area contributed by atoms with Crippen molar-refractivity contribution in [3.8, 4) is 0 Å². The number of carboxylic acid groups (broad SMARTS) is 1. The lowest BCUT2D eigenvalue weighted by Gasteiger charge is -2.05. The van der Waals surface area contributed by atoms with Gasteiger partial charge in [-0.15, -0.1) is 0 Å². The number of aliphatic carboxylic acids is 1. The molecule has 1 N–H and O–H groups in total. The molecule has 4 nitrogen and oxygen atoms in total.